The summed E-state index contributed by atoms with van der Waals surface area (Å²) in [5.41, 5.74) is 0. The van der Waals surface area contributed by atoms with E-state index < -0.39 is 5.97 Å². The minimum Gasteiger partial charge on any atom is -0.481 e. The first-order valence-corrected chi connectivity index (χ1v) is 2.13. The van der Waals surface area contributed by atoms with Gasteiger partial charge >= 0.3 is 0 Å². The standard InChI is InChI=1S/C3H6O.C2H4O2.Mo/c1-3(2)4;1-2(3)4;/h1-2H3;1H3,(H,3,4);. The summed E-state index contributed by atoms with van der Waals surface area (Å²) in [6.45, 7) is 4.14. The molecule has 0 fully saturated rings. The molecular formula is C5H10MoO3. The van der Waals surface area contributed by atoms with Crippen molar-refractivity contribution in [2.24, 2.45) is 0 Å². The number of hydrogen-bond acceptors (Lipinski definition) is 2. The van der Waals surface area contributed by atoms with Crippen LogP contribution < -0.4 is 0 Å². The second-order valence-electron chi connectivity index (χ2n) is 1.43. The molecular weight excluding hydrogens is 204 g/mol. The van der Waals surface area contributed by atoms with Crippen molar-refractivity contribution in [1.82, 2.24) is 0 Å². The molecule has 0 unspecified atom stereocenters. The summed E-state index contributed by atoms with van der Waals surface area (Å²) in [5.74, 6) is -0.667. The van der Waals surface area contributed by atoms with Crippen molar-refractivity contribution in [2.45, 2.75) is 20.8 Å². The number of carboxylic acid groups (broad SMARTS) is 1. The number of carbonyl (C=O) groups is 2. The topological polar surface area (TPSA) is 54.4 Å². The van der Waals surface area contributed by atoms with Crippen LogP contribution in [0.25, 0.3) is 0 Å². The zero-order valence-corrected chi connectivity index (χ0v) is 7.68. The number of ketones is 1. The number of Topliss-reactive ketones (excluding diaryl/α,β-unsaturated/α-hetero) is 1. The molecule has 4 heteroatoms. The maximum atomic E-state index is 9.44. The molecule has 0 bridgehead atoms. The Kier molecular flexibility index (Phi) is 19.0. The first kappa shape index (κ1) is 15.9. The van der Waals surface area contributed by atoms with Crippen molar-refractivity contribution < 1.29 is 35.8 Å². The zero-order chi connectivity index (χ0) is 7.15. The van der Waals surface area contributed by atoms with Gasteiger partial charge in [-0.3, -0.25) is 4.79 Å². The van der Waals surface area contributed by atoms with Crippen LogP contribution in [0.3, 0.4) is 0 Å². The van der Waals surface area contributed by atoms with E-state index in [-0.39, 0.29) is 26.8 Å². The van der Waals surface area contributed by atoms with Crippen molar-refractivity contribution in [1.29, 1.82) is 0 Å². The monoisotopic (exact) mass is 216 g/mol. The Balaban J connectivity index is -0.0000000720. The van der Waals surface area contributed by atoms with Crippen molar-refractivity contribution >= 4 is 11.8 Å². The molecule has 0 radical (unpaired) electrons. The predicted molar refractivity (Wildman–Crippen MR) is 29.7 cm³/mol. The molecule has 0 atom stereocenters. The molecule has 0 aromatic heterocycles. The third-order valence-electron chi connectivity index (χ3n) is 0. The summed E-state index contributed by atoms with van der Waals surface area (Å²) in [7, 11) is 0. The van der Waals surface area contributed by atoms with E-state index in [4.69, 9.17) is 9.90 Å². The minimum absolute atomic E-state index is 0. The summed E-state index contributed by atoms with van der Waals surface area (Å²) in [5, 5.41) is 7.42. The molecule has 0 aliphatic heterocycles. The van der Waals surface area contributed by atoms with Crippen molar-refractivity contribution in [3.8, 4) is 0 Å². The fourth-order valence-corrected chi connectivity index (χ4v) is 0. The predicted octanol–water partition coefficient (Wildman–Crippen LogP) is 0.684. The average Bonchev–Trinajstić information content (AvgIpc) is 1.25. The maximum Gasteiger partial charge on any atom is 0.300 e. The fraction of sp³-hybridized carbons (Fsp3) is 0.600. The van der Waals surface area contributed by atoms with Crippen LogP contribution >= 0.6 is 0 Å². The van der Waals surface area contributed by atoms with Gasteiger partial charge in [-0.1, -0.05) is 0 Å². The van der Waals surface area contributed by atoms with E-state index in [1.54, 1.807) is 0 Å². The van der Waals surface area contributed by atoms with Crippen LogP contribution in [0, 0.1) is 0 Å². The Hall–Kier alpha value is -0.172. The molecule has 1 N–H and O–H groups in total. The minimum atomic E-state index is -0.833. The van der Waals surface area contributed by atoms with Gasteiger partial charge in [0.25, 0.3) is 5.97 Å². The molecule has 0 rings (SSSR count). The SMILES string of the molecule is CC(=O)O.CC(C)=O.[Mo]. The molecule has 0 aliphatic rings. The molecule has 0 saturated carbocycles. The van der Waals surface area contributed by atoms with E-state index in [1.807, 2.05) is 0 Å². The van der Waals surface area contributed by atoms with Gasteiger partial charge in [0.2, 0.25) is 0 Å². The second kappa shape index (κ2) is 10.7. The molecule has 0 spiro atoms. The fourth-order valence-electron chi connectivity index (χ4n) is 0. The quantitative estimate of drug-likeness (QED) is 0.603. The molecule has 0 heterocycles. The largest absolute Gasteiger partial charge is 0.481 e. The average molecular weight is 214 g/mol. The van der Waals surface area contributed by atoms with E-state index in [0.717, 1.165) is 6.92 Å². The Labute approximate surface area is 68.7 Å². The van der Waals surface area contributed by atoms with Gasteiger partial charge in [-0.2, -0.15) is 0 Å². The Morgan fingerprint density at radius 2 is 1.11 bits per heavy atom. The third-order valence-corrected chi connectivity index (χ3v) is 0. The zero-order valence-electron chi connectivity index (χ0n) is 5.67. The molecule has 0 aliphatic carbocycles. The molecule has 3 nitrogen and oxygen atoms in total. The molecule has 54 valence electrons. The Morgan fingerprint density at radius 1 is 1.11 bits per heavy atom. The number of aliphatic carboxylic acids is 1. The third kappa shape index (κ3) is 9020. The van der Waals surface area contributed by atoms with Crippen LogP contribution in [0.15, 0.2) is 0 Å². The molecule has 0 aromatic carbocycles. The van der Waals surface area contributed by atoms with Crippen LogP contribution in [0.4, 0.5) is 0 Å². The van der Waals surface area contributed by atoms with Crippen LogP contribution in [0.1, 0.15) is 20.8 Å². The van der Waals surface area contributed by atoms with Crippen molar-refractivity contribution in [2.75, 3.05) is 0 Å². The maximum absolute atomic E-state index is 9.44. The smallest absolute Gasteiger partial charge is 0.300 e. The first-order valence-electron chi connectivity index (χ1n) is 2.13. The Morgan fingerprint density at radius 3 is 1.11 bits per heavy atom. The number of carboxylic acids is 1. The normalized spacial score (nSPS) is 5.67. The molecule has 9 heavy (non-hydrogen) atoms. The summed E-state index contributed by atoms with van der Waals surface area (Å²) < 4.78 is 0. The van der Waals surface area contributed by atoms with E-state index in [9.17, 15) is 4.79 Å². The van der Waals surface area contributed by atoms with Gasteiger partial charge in [0.1, 0.15) is 5.78 Å². The summed E-state index contributed by atoms with van der Waals surface area (Å²) in [6, 6.07) is 0. The van der Waals surface area contributed by atoms with E-state index in [2.05, 4.69) is 0 Å². The van der Waals surface area contributed by atoms with Gasteiger partial charge in [-0.25, -0.2) is 0 Å². The van der Waals surface area contributed by atoms with Crippen LogP contribution in [-0.2, 0) is 30.7 Å². The van der Waals surface area contributed by atoms with Gasteiger partial charge in [0.15, 0.2) is 0 Å². The Bertz CT molecular complexity index is 70.2. The van der Waals surface area contributed by atoms with Gasteiger partial charge < -0.3 is 9.90 Å². The summed E-state index contributed by atoms with van der Waals surface area (Å²) in [6.07, 6.45) is 0. The van der Waals surface area contributed by atoms with E-state index >= 15 is 0 Å². The summed E-state index contributed by atoms with van der Waals surface area (Å²) >= 11 is 0. The van der Waals surface area contributed by atoms with Gasteiger partial charge in [0, 0.05) is 28.0 Å². The number of hydrogen-bond donors (Lipinski definition) is 1. The van der Waals surface area contributed by atoms with E-state index in [0.29, 0.717) is 0 Å². The van der Waals surface area contributed by atoms with Gasteiger partial charge in [-0.05, 0) is 13.8 Å². The van der Waals surface area contributed by atoms with Crippen molar-refractivity contribution in [3.05, 3.63) is 0 Å². The van der Waals surface area contributed by atoms with Gasteiger partial charge in [-0.15, -0.1) is 0 Å². The van der Waals surface area contributed by atoms with Crippen LogP contribution in [0.5, 0.6) is 0 Å². The van der Waals surface area contributed by atoms with Crippen LogP contribution in [-0.4, -0.2) is 16.9 Å². The molecule has 0 saturated heterocycles. The van der Waals surface area contributed by atoms with Gasteiger partial charge in [0.05, 0.1) is 0 Å². The van der Waals surface area contributed by atoms with Crippen molar-refractivity contribution in [3.63, 3.8) is 0 Å². The first-order chi connectivity index (χ1) is 3.46. The molecule has 0 aromatic rings. The summed E-state index contributed by atoms with van der Waals surface area (Å²) in [4.78, 5) is 18.4. The second-order valence-corrected chi connectivity index (χ2v) is 1.43. The number of rotatable bonds is 0. The van der Waals surface area contributed by atoms with Crippen LogP contribution in [0.2, 0.25) is 0 Å². The number of carbonyl (C=O) groups excluding carboxylic acids is 1. The van der Waals surface area contributed by atoms with E-state index in [1.165, 1.54) is 13.8 Å². The molecule has 0 amide bonds.